The molecule has 0 saturated carbocycles. The zero-order valence-corrected chi connectivity index (χ0v) is 25.4. The quantitative estimate of drug-likeness (QED) is 0.249. The topological polar surface area (TPSA) is 121 Å². The van der Waals surface area contributed by atoms with Crippen LogP contribution < -0.4 is 0 Å². The van der Waals surface area contributed by atoms with E-state index in [1.807, 2.05) is 38.1 Å². The largest absolute Gasteiger partial charge is 0.396 e. The predicted octanol–water partition coefficient (Wildman–Crippen LogP) is 2.76. The monoisotopic (exact) mass is 592 g/mol. The molecule has 1 spiro atoms. The number of rotatable bonds is 15. The van der Waals surface area contributed by atoms with Crippen LogP contribution in [0.2, 0.25) is 0 Å². The molecule has 11 heteroatoms. The van der Waals surface area contributed by atoms with Crippen molar-refractivity contribution >= 4 is 28.8 Å². The molecule has 4 heterocycles. The lowest BCUT2D eigenvalue weighted by Gasteiger charge is -2.37. The third kappa shape index (κ3) is 5.26. The lowest BCUT2D eigenvalue weighted by Crippen LogP contribution is -2.56. The first-order chi connectivity index (χ1) is 20.8. The molecule has 3 fully saturated rings. The number of carbonyl (C=O) groups excluding carboxylic acids is 3. The number of aliphatic hydroxyl groups excluding tert-OH is 1. The Balaban J connectivity index is 1.52. The Kier molecular flexibility index (Phi) is 9.03. The molecule has 3 aliphatic rings. The van der Waals surface area contributed by atoms with Gasteiger partial charge < -0.3 is 24.5 Å². The van der Waals surface area contributed by atoms with Gasteiger partial charge in [-0.2, -0.15) is 0 Å². The number of hydrogen-bond donors (Lipinski definition) is 1. The maximum atomic E-state index is 14.7. The minimum Gasteiger partial charge on any atom is -0.396 e. The zero-order chi connectivity index (χ0) is 30.8. The Morgan fingerprint density at radius 2 is 1.86 bits per heavy atom. The smallest absolute Gasteiger partial charge is 0.250 e. The van der Waals surface area contributed by atoms with E-state index in [0.717, 1.165) is 17.5 Å². The highest BCUT2D eigenvalue weighted by atomic mass is 16.5. The Morgan fingerprint density at radius 1 is 1.12 bits per heavy atom. The number of aliphatic hydroxyl groups is 1. The molecule has 1 aromatic carbocycles. The molecule has 2 aromatic rings. The fourth-order valence-corrected chi connectivity index (χ4v) is 7.54. The average molecular weight is 593 g/mol. The van der Waals surface area contributed by atoms with E-state index < -0.39 is 29.1 Å². The van der Waals surface area contributed by atoms with Crippen LogP contribution in [0.25, 0.3) is 11.0 Å². The molecule has 2 bridgehead atoms. The van der Waals surface area contributed by atoms with E-state index in [1.54, 1.807) is 31.5 Å². The van der Waals surface area contributed by atoms with Crippen LogP contribution in [0.4, 0.5) is 0 Å². The van der Waals surface area contributed by atoms with E-state index in [9.17, 15) is 19.5 Å². The molecule has 3 amide bonds. The number of para-hydroxylation sites is 1. The standard InChI is InChI=1S/C32H44N6O5/c1-5-17-35(18-6-2)28(40)25-26-29(41)37(20-11-8-12-21-39)27(32(26)16-15-31(25,4)43-32)30(42)36(19-7-3)22-38-24-14-10-9-13-23(24)33-34-38/h5,7,9-10,13-14,25-27,39H,1,3,6,8,11-12,15-22H2,2,4H3/t25-,26-,27?,31+,32?/m0/s1. The van der Waals surface area contributed by atoms with Crippen LogP contribution in [0.15, 0.2) is 49.6 Å². The first-order valence-corrected chi connectivity index (χ1v) is 15.5. The van der Waals surface area contributed by atoms with E-state index >= 15 is 0 Å². The van der Waals surface area contributed by atoms with Crippen LogP contribution in [-0.2, 0) is 25.8 Å². The summed E-state index contributed by atoms with van der Waals surface area (Å²) in [7, 11) is 0. The molecule has 3 aliphatic heterocycles. The van der Waals surface area contributed by atoms with Crippen LogP contribution in [0.1, 0.15) is 52.4 Å². The Hall–Kier alpha value is -3.57. The van der Waals surface area contributed by atoms with Gasteiger partial charge >= 0.3 is 0 Å². The van der Waals surface area contributed by atoms with Gasteiger partial charge in [-0.15, -0.1) is 18.3 Å². The summed E-state index contributed by atoms with van der Waals surface area (Å²) in [5.41, 5.74) is -0.455. The molecule has 1 aromatic heterocycles. The number of unbranched alkanes of at least 4 members (excludes halogenated alkanes) is 2. The van der Waals surface area contributed by atoms with Crippen molar-refractivity contribution in [2.24, 2.45) is 11.8 Å². The number of carbonyl (C=O) groups is 3. The molecular formula is C32H44N6O5. The molecule has 0 radical (unpaired) electrons. The van der Waals surface area contributed by atoms with E-state index in [-0.39, 0.29) is 37.5 Å². The van der Waals surface area contributed by atoms with Gasteiger partial charge in [0, 0.05) is 32.8 Å². The first kappa shape index (κ1) is 30.9. The van der Waals surface area contributed by atoms with Crippen LogP contribution in [-0.4, -0.2) is 103 Å². The summed E-state index contributed by atoms with van der Waals surface area (Å²) in [5, 5.41) is 17.9. The molecular weight excluding hydrogens is 548 g/mol. The molecule has 43 heavy (non-hydrogen) atoms. The lowest BCUT2D eigenvalue weighted by atomic mass is 9.66. The Morgan fingerprint density at radius 3 is 2.58 bits per heavy atom. The van der Waals surface area contributed by atoms with E-state index in [4.69, 9.17) is 4.74 Å². The van der Waals surface area contributed by atoms with Crippen molar-refractivity contribution in [3.8, 4) is 0 Å². The van der Waals surface area contributed by atoms with Crippen molar-refractivity contribution in [3.05, 3.63) is 49.6 Å². The van der Waals surface area contributed by atoms with Gasteiger partial charge in [-0.05, 0) is 57.6 Å². The van der Waals surface area contributed by atoms with Crippen LogP contribution in [0, 0.1) is 11.8 Å². The van der Waals surface area contributed by atoms with Crippen molar-refractivity contribution in [3.63, 3.8) is 0 Å². The number of nitrogens with zero attached hydrogens (tertiary/aromatic N) is 6. The number of aromatic nitrogens is 3. The number of fused-ring (bicyclic) bond motifs is 2. The van der Waals surface area contributed by atoms with Crippen molar-refractivity contribution in [2.45, 2.75) is 76.3 Å². The molecule has 5 atom stereocenters. The number of hydrogen-bond acceptors (Lipinski definition) is 7. The highest BCUT2D eigenvalue weighted by Crippen LogP contribution is 2.63. The van der Waals surface area contributed by atoms with Gasteiger partial charge in [0.2, 0.25) is 17.7 Å². The van der Waals surface area contributed by atoms with Gasteiger partial charge in [0.15, 0.2) is 0 Å². The normalized spacial score (nSPS) is 27.5. The Bertz CT molecular complexity index is 1380. The summed E-state index contributed by atoms with van der Waals surface area (Å²) in [5.74, 6) is -2.03. The maximum absolute atomic E-state index is 14.7. The van der Waals surface area contributed by atoms with Gasteiger partial charge in [-0.1, -0.05) is 36.4 Å². The van der Waals surface area contributed by atoms with Crippen molar-refractivity contribution < 1.29 is 24.2 Å². The van der Waals surface area contributed by atoms with Gasteiger partial charge in [-0.3, -0.25) is 14.4 Å². The summed E-state index contributed by atoms with van der Waals surface area (Å²) < 4.78 is 8.50. The second-order valence-corrected chi connectivity index (χ2v) is 12.2. The van der Waals surface area contributed by atoms with Gasteiger partial charge in [0.25, 0.3) is 0 Å². The van der Waals surface area contributed by atoms with Crippen LogP contribution >= 0.6 is 0 Å². The molecule has 2 unspecified atom stereocenters. The fourth-order valence-electron chi connectivity index (χ4n) is 7.54. The van der Waals surface area contributed by atoms with Gasteiger partial charge in [0.1, 0.15) is 23.8 Å². The SMILES string of the molecule is C=CCN(Cn1nnc2ccccc21)C(=O)C1N(CCCCCO)C(=O)[C@@H]2[C@@H](C(=O)N(CC=C)CCC)[C@@]3(C)CCC12O3. The molecule has 0 aliphatic carbocycles. The fraction of sp³-hybridized carbons (Fsp3) is 0.594. The predicted molar refractivity (Wildman–Crippen MR) is 161 cm³/mol. The highest BCUT2D eigenvalue weighted by Gasteiger charge is 2.78. The number of benzene rings is 1. The minimum atomic E-state index is -1.11. The van der Waals surface area contributed by atoms with Crippen molar-refractivity contribution in [1.82, 2.24) is 29.7 Å². The second-order valence-electron chi connectivity index (χ2n) is 12.2. The molecule has 1 N–H and O–H groups in total. The highest BCUT2D eigenvalue weighted by molar-refractivity contribution is 5.99. The zero-order valence-electron chi connectivity index (χ0n) is 25.4. The van der Waals surface area contributed by atoms with E-state index in [2.05, 4.69) is 23.5 Å². The molecule has 11 nitrogen and oxygen atoms in total. The lowest BCUT2D eigenvalue weighted by molar-refractivity contribution is -0.154. The molecule has 232 valence electrons. The van der Waals surface area contributed by atoms with Crippen molar-refractivity contribution in [2.75, 3.05) is 32.8 Å². The first-order valence-electron chi connectivity index (χ1n) is 15.5. The molecule has 5 rings (SSSR count). The maximum Gasteiger partial charge on any atom is 0.250 e. The summed E-state index contributed by atoms with van der Waals surface area (Å²) in [4.78, 5) is 48.3. The summed E-state index contributed by atoms with van der Waals surface area (Å²) in [6.07, 6.45) is 7.19. The van der Waals surface area contributed by atoms with Gasteiger partial charge in [0.05, 0.1) is 23.0 Å². The average Bonchev–Trinajstić information content (AvgIpc) is 3.70. The molecule has 3 saturated heterocycles. The third-order valence-electron chi connectivity index (χ3n) is 9.37. The summed E-state index contributed by atoms with van der Waals surface area (Å²) in [6, 6.07) is 6.65. The summed E-state index contributed by atoms with van der Waals surface area (Å²) >= 11 is 0. The number of likely N-dealkylation sites (tertiary alicyclic amines) is 1. The number of amides is 3. The van der Waals surface area contributed by atoms with Gasteiger partial charge in [-0.25, -0.2) is 4.68 Å². The van der Waals surface area contributed by atoms with E-state index in [1.165, 1.54) is 0 Å². The van der Waals surface area contributed by atoms with Crippen LogP contribution in [0.3, 0.4) is 0 Å². The van der Waals surface area contributed by atoms with E-state index in [0.29, 0.717) is 51.7 Å². The van der Waals surface area contributed by atoms with Crippen molar-refractivity contribution in [1.29, 1.82) is 0 Å². The summed E-state index contributed by atoms with van der Waals surface area (Å²) in [6.45, 7) is 13.4. The number of ether oxygens (including phenoxy) is 1. The van der Waals surface area contributed by atoms with Crippen LogP contribution in [0.5, 0.6) is 0 Å². The Labute approximate surface area is 253 Å². The third-order valence-corrected chi connectivity index (χ3v) is 9.37. The second kappa shape index (κ2) is 12.6. The minimum absolute atomic E-state index is 0.0659.